The number of aliphatic imine (C=N–C) groups is 1. The third-order valence-electron chi connectivity index (χ3n) is 3.36. The molecule has 6 heteroatoms. The number of rotatable bonds is 3. The van der Waals surface area contributed by atoms with E-state index >= 15 is 0 Å². The van der Waals surface area contributed by atoms with E-state index in [-0.39, 0.29) is 5.92 Å². The molecule has 3 nitrogen and oxygen atoms in total. The lowest BCUT2D eigenvalue weighted by atomic mass is 10.0. The highest BCUT2D eigenvalue weighted by atomic mass is 32.2. The summed E-state index contributed by atoms with van der Waals surface area (Å²) in [5.74, 6) is 1.40. The zero-order valence-electron chi connectivity index (χ0n) is 11.5. The minimum Gasteiger partial charge on any atom is -0.370 e. The molecular weight excluding hydrogens is 280 g/mol. The summed E-state index contributed by atoms with van der Waals surface area (Å²) >= 11 is 1.90. The maximum absolute atomic E-state index is 13.6. The summed E-state index contributed by atoms with van der Waals surface area (Å²) in [5.41, 5.74) is 6.42. The number of halogens is 2. The maximum atomic E-state index is 13.6. The van der Waals surface area contributed by atoms with Crippen LogP contribution in [-0.2, 0) is 0 Å². The van der Waals surface area contributed by atoms with Gasteiger partial charge in [-0.3, -0.25) is 4.99 Å². The van der Waals surface area contributed by atoms with Crippen molar-refractivity contribution in [1.82, 2.24) is 4.90 Å². The molecule has 1 unspecified atom stereocenters. The van der Waals surface area contributed by atoms with Gasteiger partial charge in [0.2, 0.25) is 0 Å². The number of hydrogen-bond acceptors (Lipinski definition) is 2. The summed E-state index contributed by atoms with van der Waals surface area (Å²) < 4.78 is 26.5. The van der Waals surface area contributed by atoms with Gasteiger partial charge >= 0.3 is 0 Å². The van der Waals surface area contributed by atoms with E-state index in [0.717, 1.165) is 30.7 Å². The summed E-state index contributed by atoms with van der Waals surface area (Å²) in [5, 5.41) is 0. The van der Waals surface area contributed by atoms with Crippen LogP contribution in [0.15, 0.2) is 23.2 Å². The van der Waals surface area contributed by atoms with Crippen molar-refractivity contribution in [2.45, 2.75) is 12.8 Å². The Morgan fingerprint density at radius 3 is 2.75 bits per heavy atom. The largest absolute Gasteiger partial charge is 0.370 e. The SMILES string of the molecule is CC(CN=C(N)N1CCSCC1)c1ccc(F)cc1F. The Morgan fingerprint density at radius 1 is 1.40 bits per heavy atom. The molecule has 0 amide bonds. The van der Waals surface area contributed by atoms with E-state index in [2.05, 4.69) is 4.99 Å². The second kappa shape index (κ2) is 6.92. The normalized spacial score (nSPS) is 18.1. The quantitative estimate of drug-likeness (QED) is 0.688. The van der Waals surface area contributed by atoms with E-state index in [0.29, 0.717) is 18.1 Å². The molecule has 2 N–H and O–H groups in total. The second-order valence-corrected chi connectivity index (χ2v) is 6.09. The highest BCUT2D eigenvalue weighted by Crippen LogP contribution is 2.20. The molecule has 1 fully saturated rings. The third-order valence-corrected chi connectivity index (χ3v) is 4.30. The molecule has 1 aliphatic heterocycles. The predicted octanol–water partition coefficient (Wildman–Crippen LogP) is 2.43. The molecule has 0 saturated carbocycles. The monoisotopic (exact) mass is 299 g/mol. The van der Waals surface area contributed by atoms with Crippen molar-refractivity contribution < 1.29 is 8.78 Å². The van der Waals surface area contributed by atoms with Gasteiger partial charge in [-0.15, -0.1) is 0 Å². The summed E-state index contributed by atoms with van der Waals surface area (Å²) in [7, 11) is 0. The van der Waals surface area contributed by atoms with Crippen molar-refractivity contribution in [3.63, 3.8) is 0 Å². The van der Waals surface area contributed by atoms with Crippen molar-refractivity contribution in [3.05, 3.63) is 35.4 Å². The summed E-state index contributed by atoms with van der Waals surface area (Å²) in [6.07, 6.45) is 0. The van der Waals surface area contributed by atoms with Crippen molar-refractivity contribution in [3.8, 4) is 0 Å². The Hall–Kier alpha value is -1.30. The Balaban J connectivity index is 1.98. The number of thioether (sulfide) groups is 1. The van der Waals surface area contributed by atoms with Gasteiger partial charge in [-0.25, -0.2) is 8.78 Å². The highest BCUT2D eigenvalue weighted by molar-refractivity contribution is 7.99. The minimum atomic E-state index is -0.563. The number of nitrogens with zero attached hydrogens (tertiary/aromatic N) is 2. The van der Waals surface area contributed by atoms with E-state index in [1.807, 2.05) is 23.6 Å². The van der Waals surface area contributed by atoms with Crippen LogP contribution in [0.3, 0.4) is 0 Å². The fraction of sp³-hybridized carbons (Fsp3) is 0.500. The van der Waals surface area contributed by atoms with Gasteiger partial charge in [0, 0.05) is 43.1 Å². The van der Waals surface area contributed by atoms with Gasteiger partial charge in [0.25, 0.3) is 0 Å². The third kappa shape index (κ3) is 3.85. The minimum absolute atomic E-state index is 0.131. The fourth-order valence-corrected chi connectivity index (χ4v) is 3.03. The van der Waals surface area contributed by atoms with Crippen LogP contribution in [0.4, 0.5) is 8.78 Å². The summed E-state index contributed by atoms with van der Waals surface area (Å²) in [6, 6.07) is 3.64. The molecule has 1 atom stereocenters. The van der Waals surface area contributed by atoms with E-state index in [9.17, 15) is 8.78 Å². The van der Waals surface area contributed by atoms with Gasteiger partial charge in [0.1, 0.15) is 11.6 Å². The van der Waals surface area contributed by atoms with Crippen LogP contribution in [0.1, 0.15) is 18.4 Å². The Kier molecular flexibility index (Phi) is 5.23. The van der Waals surface area contributed by atoms with Crippen LogP contribution < -0.4 is 5.73 Å². The van der Waals surface area contributed by atoms with Crippen LogP contribution in [0.5, 0.6) is 0 Å². The highest BCUT2D eigenvalue weighted by Gasteiger charge is 2.14. The number of benzene rings is 1. The first-order valence-electron chi connectivity index (χ1n) is 6.65. The van der Waals surface area contributed by atoms with Crippen LogP contribution >= 0.6 is 11.8 Å². The predicted molar refractivity (Wildman–Crippen MR) is 80.2 cm³/mol. The first-order valence-corrected chi connectivity index (χ1v) is 7.81. The first-order chi connectivity index (χ1) is 9.58. The average Bonchev–Trinajstić information content (AvgIpc) is 2.45. The number of guanidine groups is 1. The van der Waals surface area contributed by atoms with Crippen molar-refractivity contribution >= 4 is 17.7 Å². The van der Waals surface area contributed by atoms with E-state index in [4.69, 9.17) is 5.73 Å². The molecule has 110 valence electrons. The molecule has 1 heterocycles. The molecule has 1 saturated heterocycles. The summed E-state index contributed by atoms with van der Waals surface area (Å²) in [4.78, 5) is 6.38. The molecular formula is C14H19F2N3S. The van der Waals surface area contributed by atoms with Gasteiger partial charge in [0.05, 0.1) is 0 Å². The van der Waals surface area contributed by atoms with Crippen molar-refractivity contribution in [1.29, 1.82) is 0 Å². The van der Waals surface area contributed by atoms with Gasteiger partial charge in [-0.2, -0.15) is 11.8 Å². The first kappa shape index (κ1) is 15.1. The van der Waals surface area contributed by atoms with Crippen molar-refractivity contribution in [2.24, 2.45) is 10.7 Å². The van der Waals surface area contributed by atoms with Crippen LogP contribution in [0.25, 0.3) is 0 Å². The maximum Gasteiger partial charge on any atom is 0.191 e. The Morgan fingerprint density at radius 2 is 2.10 bits per heavy atom. The van der Waals surface area contributed by atoms with Crippen molar-refractivity contribution in [2.75, 3.05) is 31.1 Å². The Bertz CT molecular complexity index is 487. The average molecular weight is 299 g/mol. The van der Waals surface area contributed by atoms with E-state index in [1.54, 1.807) is 0 Å². The molecule has 0 bridgehead atoms. The van der Waals surface area contributed by atoms with Gasteiger partial charge in [0.15, 0.2) is 5.96 Å². The lowest BCUT2D eigenvalue weighted by Crippen LogP contribution is -2.42. The molecule has 0 spiro atoms. The molecule has 0 aliphatic carbocycles. The lowest BCUT2D eigenvalue weighted by molar-refractivity contribution is 0.454. The molecule has 20 heavy (non-hydrogen) atoms. The van der Waals surface area contributed by atoms with Gasteiger partial charge < -0.3 is 10.6 Å². The van der Waals surface area contributed by atoms with Gasteiger partial charge in [-0.1, -0.05) is 13.0 Å². The lowest BCUT2D eigenvalue weighted by Gasteiger charge is -2.27. The molecule has 1 aromatic rings. The number of hydrogen-bond donors (Lipinski definition) is 1. The molecule has 0 aromatic heterocycles. The second-order valence-electron chi connectivity index (χ2n) is 4.87. The molecule has 0 radical (unpaired) electrons. The summed E-state index contributed by atoms with van der Waals surface area (Å²) in [6.45, 7) is 4.07. The fourth-order valence-electron chi connectivity index (χ4n) is 2.12. The molecule has 1 aliphatic rings. The van der Waals surface area contributed by atoms with Crippen LogP contribution in [0, 0.1) is 11.6 Å². The smallest absolute Gasteiger partial charge is 0.191 e. The standard InChI is InChI=1S/C14H19F2N3S/c1-10(12-3-2-11(15)8-13(12)16)9-18-14(17)19-4-6-20-7-5-19/h2-3,8,10H,4-7,9H2,1H3,(H2,17,18). The zero-order chi connectivity index (χ0) is 14.5. The van der Waals surface area contributed by atoms with Gasteiger partial charge in [-0.05, 0) is 11.6 Å². The topological polar surface area (TPSA) is 41.6 Å². The zero-order valence-corrected chi connectivity index (χ0v) is 12.3. The molecule has 1 aromatic carbocycles. The van der Waals surface area contributed by atoms with Crippen LogP contribution in [-0.4, -0.2) is 42.0 Å². The van der Waals surface area contributed by atoms with Crippen LogP contribution in [0.2, 0.25) is 0 Å². The molecule has 2 rings (SSSR count). The Labute approximate surface area is 122 Å². The number of nitrogens with two attached hydrogens (primary N) is 1. The van der Waals surface area contributed by atoms with E-state index < -0.39 is 11.6 Å². The van der Waals surface area contributed by atoms with E-state index in [1.165, 1.54) is 12.1 Å².